The Morgan fingerprint density at radius 3 is 1.79 bits per heavy atom. The van der Waals surface area contributed by atoms with Crippen LogP contribution in [0, 0.1) is 31.9 Å². The number of benzene rings is 2. The maximum Gasteiger partial charge on any atom is 0.306 e. The minimum atomic E-state index is -0.886. The summed E-state index contributed by atoms with van der Waals surface area (Å²) in [6.45, 7) is 8.70. The van der Waals surface area contributed by atoms with E-state index >= 15 is 0 Å². The minimum Gasteiger partial charge on any atom is -0.460 e. The van der Waals surface area contributed by atoms with E-state index in [0.717, 1.165) is 24.3 Å². The Morgan fingerprint density at radius 2 is 1.39 bits per heavy atom. The van der Waals surface area contributed by atoms with Crippen molar-refractivity contribution in [2.75, 3.05) is 0 Å². The lowest BCUT2D eigenvalue weighted by Crippen LogP contribution is -2.24. The largest absolute Gasteiger partial charge is 0.460 e. The number of nitro groups is 2. The van der Waals surface area contributed by atoms with Gasteiger partial charge in [0.2, 0.25) is 11.6 Å². The second kappa shape index (κ2) is 11.4. The molecule has 0 aliphatic rings. The molecular weight excluding hydrogens is 440 g/mol. The number of hydrogen-bond donors (Lipinski definition) is 1. The van der Waals surface area contributed by atoms with Crippen molar-refractivity contribution in [3.8, 4) is 0 Å². The van der Waals surface area contributed by atoms with E-state index in [2.05, 4.69) is 0 Å². The molecule has 2 unspecified atom stereocenters. The van der Waals surface area contributed by atoms with Crippen molar-refractivity contribution >= 4 is 17.3 Å². The van der Waals surface area contributed by atoms with Crippen LogP contribution in [0.3, 0.4) is 0 Å². The first kappa shape index (κ1) is 27.6. The van der Waals surface area contributed by atoms with Crippen LogP contribution < -0.4 is 5.73 Å². The highest BCUT2D eigenvalue weighted by Crippen LogP contribution is 2.26. The summed E-state index contributed by atoms with van der Waals surface area (Å²) in [5.74, 6) is -2.40. The van der Waals surface area contributed by atoms with E-state index in [0.29, 0.717) is 11.1 Å². The van der Waals surface area contributed by atoms with Crippen LogP contribution in [-0.2, 0) is 9.53 Å². The number of halogens is 2. The third kappa shape index (κ3) is 8.89. The van der Waals surface area contributed by atoms with E-state index in [9.17, 15) is 33.8 Å². The highest BCUT2D eigenvalue weighted by Gasteiger charge is 2.22. The number of carbonyl (C=O) groups excluding carboxylic acids is 1. The Balaban J connectivity index is 0.000000361. The fraction of sp³-hybridized carbons (Fsp3) is 0.409. The van der Waals surface area contributed by atoms with Crippen molar-refractivity contribution in [1.82, 2.24) is 0 Å². The van der Waals surface area contributed by atoms with Gasteiger partial charge < -0.3 is 10.5 Å². The van der Waals surface area contributed by atoms with E-state index in [1.165, 1.54) is 12.1 Å². The van der Waals surface area contributed by atoms with Crippen LogP contribution in [0.4, 0.5) is 20.2 Å². The number of esters is 1. The standard InChI is InChI=1S/C14H18FNO4.C8H9FN2O2/c1-9(7-13(17)20-14(2,3)4)10-5-6-11(15)12(8-10)16(18)19;1-5(10)6-2-3-7(9)8(4-6)11(12)13/h5-6,8-9H,7H2,1-4H3;2-5H,10H2,1H3. The van der Waals surface area contributed by atoms with Gasteiger partial charge in [0.1, 0.15) is 5.60 Å². The molecule has 0 saturated carbocycles. The summed E-state index contributed by atoms with van der Waals surface area (Å²) in [6, 6.07) is 6.95. The Labute approximate surface area is 189 Å². The molecule has 9 nitrogen and oxygen atoms in total. The normalized spacial score (nSPS) is 12.7. The number of carbonyl (C=O) groups is 1. The third-order valence-electron chi connectivity index (χ3n) is 4.32. The SMILES string of the molecule is CC(CC(=O)OC(C)(C)C)c1ccc(F)c([N+](=O)[O-])c1.CC(N)c1ccc(F)c([N+](=O)[O-])c1. The summed E-state index contributed by atoms with van der Waals surface area (Å²) in [7, 11) is 0. The number of nitro benzene ring substituents is 2. The average Bonchev–Trinajstić information content (AvgIpc) is 2.66. The van der Waals surface area contributed by atoms with Crippen molar-refractivity contribution < 1.29 is 28.2 Å². The molecule has 11 heteroatoms. The second-order valence-corrected chi connectivity index (χ2v) is 8.42. The smallest absolute Gasteiger partial charge is 0.306 e. The lowest BCUT2D eigenvalue weighted by molar-refractivity contribution is -0.387. The molecule has 0 heterocycles. The summed E-state index contributed by atoms with van der Waals surface area (Å²) < 4.78 is 31.2. The highest BCUT2D eigenvalue weighted by molar-refractivity contribution is 5.71. The van der Waals surface area contributed by atoms with Crippen LogP contribution in [0.25, 0.3) is 0 Å². The monoisotopic (exact) mass is 467 g/mol. The minimum absolute atomic E-state index is 0.0834. The van der Waals surface area contributed by atoms with Gasteiger partial charge in [-0.2, -0.15) is 8.78 Å². The van der Waals surface area contributed by atoms with Gasteiger partial charge in [-0.3, -0.25) is 25.0 Å². The Kier molecular flexibility index (Phi) is 9.53. The van der Waals surface area contributed by atoms with Crippen molar-refractivity contribution in [2.45, 2.75) is 58.6 Å². The zero-order chi connectivity index (χ0) is 25.5. The summed E-state index contributed by atoms with van der Waals surface area (Å²) >= 11 is 0. The lowest BCUT2D eigenvalue weighted by Gasteiger charge is -2.21. The molecule has 0 aliphatic heterocycles. The first-order chi connectivity index (χ1) is 15.1. The number of hydrogen-bond acceptors (Lipinski definition) is 7. The predicted molar refractivity (Wildman–Crippen MR) is 118 cm³/mol. The predicted octanol–water partition coefficient (Wildman–Crippen LogP) is 5.32. The van der Waals surface area contributed by atoms with Crippen molar-refractivity contribution in [3.05, 3.63) is 79.4 Å². The topological polar surface area (TPSA) is 139 Å². The van der Waals surface area contributed by atoms with Gasteiger partial charge in [0.25, 0.3) is 0 Å². The Bertz CT molecular complexity index is 1020. The summed E-state index contributed by atoms with van der Waals surface area (Å²) in [5.41, 5.74) is 4.87. The molecule has 2 aromatic carbocycles. The quantitative estimate of drug-likeness (QED) is 0.344. The fourth-order valence-corrected chi connectivity index (χ4v) is 2.68. The van der Waals surface area contributed by atoms with Crippen molar-refractivity contribution in [2.24, 2.45) is 5.73 Å². The molecule has 2 aromatic rings. The average molecular weight is 467 g/mol. The third-order valence-corrected chi connectivity index (χ3v) is 4.32. The highest BCUT2D eigenvalue weighted by atomic mass is 19.1. The van der Waals surface area contributed by atoms with Crippen molar-refractivity contribution in [3.63, 3.8) is 0 Å². The molecule has 0 radical (unpaired) electrons. The molecule has 0 amide bonds. The number of nitrogens with zero attached hydrogens (tertiary/aromatic N) is 2. The Hall–Kier alpha value is -3.47. The van der Waals surface area contributed by atoms with Crippen LogP contribution in [0.1, 0.15) is 64.1 Å². The van der Waals surface area contributed by atoms with E-state index < -0.39 is 44.4 Å². The van der Waals surface area contributed by atoms with Gasteiger partial charge in [0.15, 0.2) is 0 Å². The van der Waals surface area contributed by atoms with Crippen molar-refractivity contribution in [1.29, 1.82) is 0 Å². The number of ether oxygens (including phenoxy) is 1. The van der Waals surface area contributed by atoms with Gasteiger partial charge >= 0.3 is 17.3 Å². The zero-order valence-electron chi connectivity index (χ0n) is 19.0. The van der Waals surface area contributed by atoms with Crippen LogP contribution >= 0.6 is 0 Å². The molecule has 0 aliphatic carbocycles. The number of rotatable bonds is 6. The molecule has 0 aromatic heterocycles. The zero-order valence-corrected chi connectivity index (χ0v) is 19.0. The molecule has 2 atom stereocenters. The maximum absolute atomic E-state index is 13.2. The molecule has 2 rings (SSSR count). The van der Waals surface area contributed by atoms with Gasteiger partial charge in [-0.15, -0.1) is 0 Å². The lowest BCUT2D eigenvalue weighted by atomic mass is 9.97. The first-order valence-corrected chi connectivity index (χ1v) is 9.97. The first-order valence-electron chi connectivity index (χ1n) is 9.97. The molecule has 180 valence electrons. The number of nitrogens with two attached hydrogens (primary N) is 1. The van der Waals surface area contributed by atoms with Crippen LogP contribution in [0.15, 0.2) is 36.4 Å². The van der Waals surface area contributed by atoms with E-state index in [-0.39, 0.29) is 18.4 Å². The van der Waals surface area contributed by atoms with Gasteiger partial charge in [0.05, 0.1) is 16.3 Å². The van der Waals surface area contributed by atoms with Gasteiger partial charge in [-0.1, -0.05) is 19.1 Å². The van der Waals surface area contributed by atoms with E-state index in [1.54, 1.807) is 34.6 Å². The molecule has 2 N–H and O–H groups in total. The molecule has 33 heavy (non-hydrogen) atoms. The second-order valence-electron chi connectivity index (χ2n) is 8.42. The van der Waals surface area contributed by atoms with E-state index in [1.807, 2.05) is 0 Å². The van der Waals surface area contributed by atoms with Gasteiger partial charge in [-0.25, -0.2) is 0 Å². The molecule has 0 saturated heterocycles. The summed E-state index contributed by atoms with van der Waals surface area (Å²) in [4.78, 5) is 31.2. The molecular formula is C22H27F2N3O6. The maximum atomic E-state index is 13.2. The van der Waals surface area contributed by atoms with Crippen LogP contribution in [0.5, 0.6) is 0 Å². The van der Waals surface area contributed by atoms with Crippen LogP contribution in [-0.4, -0.2) is 21.4 Å². The summed E-state index contributed by atoms with van der Waals surface area (Å²) in [6.07, 6.45) is 0.0834. The van der Waals surface area contributed by atoms with Gasteiger partial charge in [0, 0.05) is 18.2 Å². The van der Waals surface area contributed by atoms with Crippen LogP contribution in [0.2, 0.25) is 0 Å². The fourth-order valence-electron chi connectivity index (χ4n) is 2.68. The van der Waals surface area contributed by atoms with E-state index in [4.69, 9.17) is 10.5 Å². The molecule has 0 bridgehead atoms. The van der Waals surface area contributed by atoms with Gasteiger partial charge in [-0.05, 0) is 56.9 Å². The molecule has 0 spiro atoms. The summed E-state index contributed by atoms with van der Waals surface area (Å²) in [5, 5.41) is 21.0. The molecule has 0 fully saturated rings. The Morgan fingerprint density at radius 1 is 0.970 bits per heavy atom.